The van der Waals surface area contributed by atoms with Crippen LogP contribution in [0.3, 0.4) is 0 Å². The van der Waals surface area contributed by atoms with Crippen molar-refractivity contribution in [2.24, 2.45) is 0 Å². The number of anilines is 1. The molecule has 0 aromatic heterocycles. The van der Waals surface area contributed by atoms with E-state index in [9.17, 15) is 9.13 Å². The molecule has 1 radical (unpaired) electrons. The topological polar surface area (TPSA) is 64.6 Å². The van der Waals surface area contributed by atoms with Crippen LogP contribution in [0.25, 0.3) is 5.09 Å². The molecule has 0 fully saturated rings. The van der Waals surface area contributed by atoms with Gasteiger partial charge in [-0.1, -0.05) is 218 Å². The van der Waals surface area contributed by atoms with Crippen LogP contribution < -0.4 is 26.3 Å². The van der Waals surface area contributed by atoms with Crippen molar-refractivity contribution in [2.45, 2.75) is 79.1 Å². The van der Waals surface area contributed by atoms with Gasteiger partial charge < -0.3 is 14.7 Å². The Kier molecular flexibility index (Phi) is 43.1. The first kappa shape index (κ1) is 90.0. The zero-order valence-corrected chi connectivity index (χ0v) is 69.4. The van der Waals surface area contributed by atoms with Gasteiger partial charge in [-0.15, -0.1) is 90.6 Å². The maximum absolute atomic E-state index is 14.4. The summed E-state index contributed by atoms with van der Waals surface area (Å²) in [5.74, 6) is 1.35. The Morgan fingerprint density at radius 1 is 0.267 bits per heavy atom. The normalized spacial score (nSPS) is 10.1. The third-order valence-corrected chi connectivity index (χ3v) is 20.7. The molecule has 13 aromatic rings. The fraction of sp³-hybridized carbons (Fsp3) is 0.124. The smallest absolute Gasteiger partial charge is 0.576 e. The van der Waals surface area contributed by atoms with E-state index in [-0.39, 0.29) is 52.4 Å². The van der Waals surface area contributed by atoms with Gasteiger partial charge >= 0.3 is 52.4 Å². The number of benzene rings is 13. The Balaban J connectivity index is 0.000000333. The second-order valence-electron chi connectivity index (χ2n) is 25.4. The van der Waals surface area contributed by atoms with Crippen molar-refractivity contribution in [3.63, 3.8) is 0 Å². The molecule has 0 atom stereocenters. The summed E-state index contributed by atoms with van der Waals surface area (Å²) in [6, 6.07) is 121. The van der Waals surface area contributed by atoms with Crippen molar-refractivity contribution in [3.8, 4) is 0 Å². The summed E-state index contributed by atoms with van der Waals surface area (Å²) >= 11 is 0. The van der Waals surface area contributed by atoms with Gasteiger partial charge in [0.15, 0.2) is 0 Å². The van der Waals surface area contributed by atoms with Crippen LogP contribution in [0.15, 0.2) is 370 Å². The summed E-state index contributed by atoms with van der Waals surface area (Å²) in [4.78, 5) is 0. The van der Waals surface area contributed by atoms with Gasteiger partial charge in [-0.05, 0) is 83.3 Å². The summed E-state index contributed by atoms with van der Waals surface area (Å²) in [7, 11) is -5.93. The second kappa shape index (κ2) is 50.3. The van der Waals surface area contributed by atoms with E-state index in [1.807, 2.05) is 334 Å². The van der Waals surface area contributed by atoms with Gasteiger partial charge in [0.05, 0.1) is 10.6 Å². The molecule has 0 amide bonds. The Hall–Kier alpha value is -9.22. The van der Waals surface area contributed by atoms with Crippen LogP contribution in [0.2, 0.25) is 0 Å². The van der Waals surface area contributed by atoms with Gasteiger partial charge in [-0.2, -0.15) is 172 Å². The van der Waals surface area contributed by atoms with Crippen LogP contribution in [-0.2, 0) is 57.0 Å². The first-order chi connectivity index (χ1) is 49.6. The van der Waals surface area contributed by atoms with Gasteiger partial charge in [0.1, 0.15) is 0 Å². The minimum absolute atomic E-state index is 0. The summed E-state index contributed by atoms with van der Waals surface area (Å²) in [6.45, 7) is 43.5. The minimum Gasteiger partial charge on any atom is -0.576 e. The molecule has 0 saturated heterocycles. The first-order valence-electron chi connectivity index (χ1n) is 34.9. The number of para-hydroxylation sites is 1. The standard InChI is InChI=1S/C24H28NOP.C24H27NOP.7C7H7.2Zr/c2*1-18(2)22-16-11-17-23(19(3)4)24(22)25-27(26,20-12-7-5-8-13-20)21-14-9-6-10-15-21;7*1-7-5-3-2-4-6-7;;/h5-19H,1-4H3,(H,25,26);5-19H,1-4H3;7*2-6H,1H2;;/q;8*-1;+3;+4/p+1. The largest absolute Gasteiger partial charge is 4.00 e. The summed E-state index contributed by atoms with van der Waals surface area (Å²) in [5, 5.41) is 12.1. The molecule has 0 aliphatic carbocycles. The van der Waals surface area contributed by atoms with Crippen molar-refractivity contribution in [3.05, 3.63) is 485 Å². The SMILES string of the molecule is CC(C)c1cccc(C(C)C)c1NP(=O)(c1ccccc1)c1ccccc1.CC(C)c1cccc(C(C)C)c1[N-]P(=[OH+])(c1ccccc1)c1ccccc1.[CH2-]c1ccccc1.[CH2-]c1ccccc1.[CH2-]c1ccccc1.[CH2-]c1ccccc1.[CH2-]c1ccccc1.[CH2-]c1ccccc1.[CH2-]c1ccccc1.[Zr+3].[Zr+4]. The van der Waals surface area contributed by atoms with E-state index in [2.05, 4.69) is 145 Å². The average molecular weight is 1580 g/mol. The molecule has 0 unspecified atom stereocenters. The predicted molar refractivity (Wildman–Crippen MR) is 453 cm³/mol. The van der Waals surface area contributed by atoms with Crippen molar-refractivity contribution in [1.29, 1.82) is 0 Å². The molecule has 13 rings (SSSR count). The number of hydrogen-bond acceptors (Lipinski definition) is 1. The fourth-order valence-electron chi connectivity index (χ4n) is 10.0. The summed E-state index contributed by atoms with van der Waals surface area (Å²) in [6.07, 6.45) is 0. The zero-order valence-electron chi connectivity index (χ0n) is 62.7. The Bertz CT molecular complexity index is 3760. The van der Waals surface area contributed by atoms with Gasteiger partial charge in [-0.25, -0.2) is 0 Å². The maximum Gasteiger partial charge on any atom is 4.00 e. The summed E-state index contributed by atoms with van der Waals surface area (Å²) < 4.78 is 26.4. The van der Waals surface area contributed by atoms with Crippen LogP contribution in [0.4, 0.5) is 11.4 Å². The summed E-state index contributed by atoms with van der Waals surface area (Å²) in [5.41, 5.74) is 14.2. The van der Waals surface area contributed by atoms with Gasteiger partial charge in [-0.3, -0.25) is 4.57 Å². The molecular formula is C97H105N2O2P2Zr2. The van der Waals surface area contributed by atoms with Crippen LogP contribution in [-0.4, -0.2) is 4.57 Å². The van der Waals surface area contributed by atoms with Crippen molar-refractivity contribution in [1.82, 2.24) is 0 Å². The number of nitrogens with zero attached hydrogens (tertiary/aromatic N) is 1. The molecule has 0 heterocycles. The molecule has 4 nitrogen and oxygen atoms in total. The number of rotatable bonds is 12. The van der Waals surface area contributed by atoms with Crippen molar-refractivity contribution < 1.29 is 61.5 Å². The Morgan fingerprint density at radius 3 is 0.610 bits per heavy atom. The minimum atomic E-state index is -3.03. The molecular weight excluding hydrogens is 1470 g/mol. The molecule has 2 N–H and O–H groups in total. The van der Waals surface area contributed by atoms with E-state index >= 15 is 0 Å². The van der Waals surface area contributed by atoms with Crippen LogP contribution in [0.1, 0.15) is 140 Å². The number of hydrogen-bond donors (Lipinski definition) is 1. The predicted octanol–water partition coefficient (Wildman–Crippen LogP) is 26.2. The van der Waals surface area contributed by atoms with Gasteiger partial charge in [0.25, 0.3) is 0 Å². The van der Waals surface area contributed by atoms with E-state index in [4.69, 9.17) is 5.09 Å². The zero-order chi connectivity index (χ0) is 74.7. The monoisotopic (exact) mass is 1570 g/mol. The van der Waals surface area contributed by atoms with E-state index in [1.165, 1.54) is 22.3 Å². The molecule has 8 heteroatoms. The molecule has 13 aromatic carbocycles. The van der Waals surface area contributed by atoms with Gasteiger partial charge in [0.2, 0.25) is 14.6 Å². The second-order valence-corrected chi connectivity index (χ2v) is 30.3. The molecule has 0 bridgehead atoms. The molecule has 0 aliphatic rings. The van der Waals surface area contributed by atoms with E-state index in [0.717, 1.165) is 71.5 Å². The number of nitrogens with one attached hydrogen (secondary N) is 1. The third-order valence-electron chi connectivity index (χ3n) is 15.6. The van der Waals surface area contributed by atoms with Crippen LogP contribution >= 0.6 is 14.6 Å². The van der Waals surface area contributed by atoms with Crippen molar-refractivity contribution in [2.75, 3.05) is 5.09 Å². The molecule has 533 valence electrons. The molecule has 105 heavy (non-hydrogen) atoms. The van der Waals surface area contributed by atoms with E-state index in [1.54, 1.807) is 0 Å². The quantitative estimate of drug-likeness (QED) is 0.0753. The molecule has 0 spiro atoms. The fourth-order valence-corrected chi connectivity index (χ4v) is 14.6. The average Bonchev–Trinajstić information content (AvgIpc) is 0.779. The third kappa shape index (κ3) is 33.2. The maximum atomic E-state index is 14.4. The van der Waals surface area contributed by atoms with Crippen LogP contribution in [0, 0.1) is 48.5 Å². The van der Waals surface area contributed by atoms with Gasteiger partial charge in [0, 0.05) is 16.3 Å². The molecule has 0 aliphatic heterocycles. The molecule has 0 saturated carbocycles. The first-order valence-corrected chi connectivity index (χ1v) is 38.3. The van der Waals surface area contributed by atoms with Crippen molar-refractivity contribution >= 4 is 47.2 Å². The Morgan fingerprint density at radius 2 is 0.438 bits per heavy atom. The van der Waals surface area contributed by atoms with E-state index in [0.29, 0.717) is 23.7 Å². The van der Waals surface area contributed by atoms with E-state index < -0.39 is 14.6 Å². The Labute approximate surface area is 671 Å². The van der Waals surface area contributed by atoms with Crippen LogP contribution in [0.5, 0.6) is 0 Å².